The van der Waals surface area contributed by atoms with E-state index >= 15 is 0 Å². The largest absolute Gasteiger partial charge is 0.480 e. The van der Waals surface area contributed by atoms with Gasteiger partial charge in [0.2, 0.25) is 0 Å². The number of amides is 2. The Bertz CT molecular complexity index is 364. The Morgan fingerprint density at radius 2 is 2.35 bits per heavy atom. The molecule has 0 saturated heterocycles. The number of rotatable bonds is 6. The summed E-state index contributed by atoms with van der Waals surface area (Å²) in [5.41, 5.74) is 0.913. The van der Waals surface area contributed by atoms with E-state index in [1.807, 2.05) is 0 Å². The molecule has 1 heterocycles. The normalized spacial score (nSPS) is 11.8. The van der Waals surface area contributed by atoms with Gasteiger partial charge < -0.3 is 20.7 Å². The molecule has 0 fully saturated rings. The molecule has 1 aromatic rings. The van der Waals surface area contributed by atoms with Crippen LogP contribution in [0.2, 0.25) is 0 Å². The molecule has 1 rings (SSSR count). The highest BCUT2D eigenvalue weighted by atomic mass is 16.4. The van der Waals surface area contributed by atoms with E-state index in [4.69, 9.17) is 5.11 Å². The van der Waals surface area contributed by atoms with Crippen molar-refractivity contribution in [3.8, 4) is 0 Å². The Morgan fingerprint density at radius 3 is 2.88 bits per heavy atom. The fraction of sp³-hybridized carbons (Fsp3) is 0.500. The van der Waals surface area contributed by atoms with Crippen molar-refractivity contribution in [2.24, 2.45) is 0 Å². The molecule has 7 nitrogen and oxygen atoms in total. The minimum Gasteiger partial charge on any atom is -0.480 e. The van der Waals surface area contributed by atoms with Crippen molar-refractivity contribution in [1.82, 2.24) is 20.6 Å². The van der Waals surface area contributed by atoms with Gasteiger partial charge in [0.15, 0.2) is 0 Å². The molecule has 1 atom stereocenters. The number of urea groups is 1. The van der Waals surface area contributed by atoms with Crippen molar-refractivity contribution in [1.29, 1.82) is 0 Å². The lowest BCUT2D eigenvalue weighted by atomic mass is 10.2. The second-order valence-electron chi connectivity index (χ2n) is 3.53. The Kier molecular flexibility index (Phi) is 4.99. The van der Waals surface area contributed by atoms with E-state index in [2.05, 4.69) is 20.6 Å². The summed E-state index contributed by atoms with van der Waals surface area (Å²) < 4.78 is 0. The van der Waals surface area contributed by atoms with Gasteiger partial charge in [-0.05, 0) is 6.42 Å². The smallest absolute Gasteiger partial charge is 0.326 e. The molecule has 1 unspecified atom stereocenters. The van der Waals surface area contributed by atoms with Gasteiger partial charge in [-0.2, -0.15) is 0 Å². The number of nitrogens with zero attached hydrogens (tertiary/aromatic N) is 1. The highest BCUT2D eigenvalue weighted by Gasteiger charge is 2.16. The number of carbonyl (C=O) groups is 2. The number of nitrogens with one attached hydrogen (secondary N) is 3. The minimum absolute atomic E-state index is 0.350. The summed E-state index contributed by atoms with van der Waals surface area (Å²) in [7, 11) is 0. The third-order valence-corrected chi connectivity index (χ3v) is 2.25. The highest BCUT2D eigenvalue weighted by molar-refractivity contribution is 5.82. The molecule has 0 aliphatic carbocycles. The number of aromatic amines is 1. The second-order valence-corrected chi connectivity index (χ2v) is 3.53. The maximum atomic E-state index is 11.3. The zero-order chi connectivity index (χ0) is 12.7. The first kappa shape index (κ1) is 13.0. The summed E-state index contributed by atoms with van der Waals surface area (Å²) in [5, 5.41) is 13.7. The first-order valence-corrected chi connectivity index (χ1v) is 5.38. The van der Waals surface area contributed by atoms with Gasteiger partial charge in [0, 0.05) is 24.9 Å². The second kappa shape index (κ2) is 6.51. The molecule has 7 heteroatoms. The van der Waals surface area contributed by atoms with Gasteiger partial charge in [-0.25, -0.2) is 14.6 Å². The van der Waals surface area contributed by atoms with Gasteiger partial charge in [0.05, 0.1) is 6.33 Å². The maximum Gasteiger partial charge on any atom is 0.326 e. The van der Waals surface area contributed by atoms with E-state index in [9.17, 15) is 9.59 Å². The first-order chi connectivity index (χ1) is 8.13. The van der Waals surface area contributed by atoms with Crippen LogP contribution in [0, 0.1) is 0 Å². The lowest BCUT2D eigenvalue weighted by molar-refractivity contribution is -0.139. The van der Waals surface area contributed by atoms with Crippen molar-refractivity contribution in [2.75, 3.05) is 6.54 Å². The number of carboxylic acids is 1. The summed E-state index contributed by atoms with van der Waals surface area (Å²) in [6.45, 7) is 2.12. The molecule has 2 amide bonds. The SMILES string of the molecule is CCC(NC(=O)NCCc1cnc[nH]1)C(=O)O. The van der Waals surface area contributed by atoms with Crippen molar-refractivity contribution in [3.63, 3.8) is 0 Å². The highest BCUT2D eigenvalue weighted by Crippen LogP contribution is 1.92. The fourth-order valence-electron chi connectivity index (χ4n) is 1.28. The summed E-state index contributed by atoms with van der Waals surface area (Å²) in [6.07, 6.45) is 4.21. The number of hydrogen-bond acceptors (Lipinski definition) is 3. The maximum absolute atomic E-state index is 11.3. The number of imidazole rings is 1. The Hall–Kier alpha value is -2.05. The molecular weight excluding hydrogens is 224 g/mol. The summed E-state index contributed by atoms with van der Waals surface area (Å²) in [4.78, 5) is 28.8. The van der Waals surface area contributed by atoms with Crippen LogP contribution in [0.25, 0.3) is 0 Å². The fourth-order valence-corrected chi connectivity index (χ4v) is 1.28. The predicted octanol–water partition coefficient (Wildman–Crippen LogP) is 0.115. The Balaban J connectivity index is 2.23. The molecule has 0 radical (unpaired) electrons. The van der Waals surface area contributed by atoms with Crippen LogP contribution in [0.3, 0.4) is 0 Å². The van der Waals surface area contributed by atoms with Gasteiger partial charge in [0.25, 0.3) is 0 Å². The van der Waals surface area contributed by atoms with E-state index in [1.165, 1.54) is 0 Å². The summed E-state index contributed by atoms with van der Waals surface area (Å²) >= 11 is 0. The van der Waals surface area contributed by atoms with Crippen LogP contribution in [0.4, 0.5) is 4.79 Å². The van der Waals surface area contributed by atoms with Crippen LogP contribution in [0.5, 0.6) is 0 Å². The van der Waals surface area contributed by atoms with E-state index in [0.717, 1.165) is 5.69 Å². The summed E-state index contributed by atoms with van der Waals surface area (Å²) in [6, 6.07) is -1.32. The van der Waals surface area contributed by atoms with Gasteiger partial charge in [-0.15, -0.1) is 0 Å². The van der Waals surface area contributed by atoms with Crippen LogP contribution in [0.1, 0.15) is 19.0 Å². The average Bonchev–Trinajstić information content (AvgIpc) is 2.78. The van der Waals surface area contributed by atoms with Crippen LogP contribution < -0.4 is 10.6 Å². The number of H-pyrrole nitrogens is 1. The van der Waals surface area contributed by atoms with Gasteiger partial charge >= 0.3 is 12.0 Å². The molecule has 94 valence electrons. The number of hydrogen-bond donors (Lipinski definition) is 4. The van der Waals surface area contributed by atoms with Crippen molar-refractivity contribution in [3.05, 3.63) is 18.2 Å². The van der Waals surface area contributed by atoms with E-state index in [1.54, 1.807) is 19.4 Å². The third-order valence-electron chi connectivity index (χ3n) is 2.25. The molecule has 1 aromatic heterocycles. The number of aromatic nitrogens is 2. The molecule has 17 heavy (non-hydrogen) atoms. The zero-order valence-electron chi connectivity index (χ0n) is 9.56. The van der Waals surface area contributed by atoms with Gasteiger partial charge in [-0.1, -0.05) is 6.92 Å². The van der Waals surface area contributed by atoms with Crippen molar-refractivity contribution in [2.45, 2.75) is 25.8 Å². The van der Waals surface area contributed by atoms with E-state index in [0.29, 0.717) is 19.4 Å². The van der Waals surface area contributed by atoms with Gasteiger partial charge in [-0.3, -0.25) is 0 Å². The van der Waals surface area contributed by atoms with Gasteiger partial charge in [0.1, 0.15) is 6.04 Å². The van der Waals surface area contributed by atoms with Crippen LogP contribution in [-0.2, 0) is 11.2 Å². The first-order valence-electron chi connectivity index (χ1n) is 5.38. The van der Waals surface area contributed by atoms with Crippen molar-refractivity contribution < 1.29 is 14.7 Å². The number of aliphatic carboxylic acids is 1. The molecule has 4 N–H and O–H groups in total. The van der Waals surface area contributed by atoms with Crippen LogP contribution >= 0.6 is 0 Å². The zero-order valence-corrected chi connectivity index (χ0v) is 9.56. The molecule has 0 aromatic carbocycles. The topological polar surface area (TPSA) is 107 Å². The molecule has 0 aliphatic heterocycles. The monoisotopic (exact) mass is 240 g/mol. The van der Waals surface area contributed by atoms with E-state index < -0.39 is 18.0 Å². The lowest BCUT2D eigenvalue weighted by Gasteiger charge is -2.12. The average molecular weight is 240 g/mol. The molecule has 0 bridgehead atoms. The quantitative estimate of drug-likeness (QED) is 0.566. The Morgan fingerprint density at radius 1 is 1.59 bits per heavy atom. The van der Waals surface area contributed by atoms with E-state index in [-0.39, 0.29) is 0 Å². The minimum atomic E-state index is -1.03. The number of carboxylic acid groups (broad SMARTS) is 1. The molecule has 0 aliphatic rings. The van der Waals surface area contributed by atoms with Crippen LogP contribution in [-0.4, -0.2) is 39.7 Å². The molecule has 0 spiro atoms. The Labute approximate surface area is 98.6 Å². The summed E-state index contributed by atoms with van der Waals surface area (Å²) in [5.74, 6) is -1.03. The third kappa shape index (κ3) is 4.54. The van der Waals surface area contributed by atoms with Crippen LogP contribution in [0.15, 0.2) is 12.5 Å². The standard InChI is InChI=1S/C10H16N4O3/c1-2-8(9(15)16)14-10(17)12-4-3-7-5-11-6-13-7/h5-6,8H,2-4H2,1H3,(H,11,13)(H,15,16)(H2,12,14,17). The van der Waals surface area contributed by atoms with Crippen molar-refractivity contribution >= 4 is 12.0 Å². The number of carbonyl (C=O) groups excluding carboxylic acids is 1. The predicted molar refractivity (Wildman–Crippen MR) is 60.5 cm³/mol. The lowest BCUT2D eigenvalue weighted by Crippen LogP contribution is -2.46. The molecule has 0 saturated carbocycles. The molecular formula is C10H16N4O3.